The van der Waals surface area contributed by atoms with Crippen LogP contribution in [0, 0.1) is 5.82 Å². The topological polar surface area (TPSA) is 45.3 Å². The Labute approximate surface area is 145 Å². The van der Waals surface area contributed by atoms with E-state index in [0.29, 0.717) is 12.2 Å². The number of fused-ring (bicyclic) bond motifs is 1. The van der Waals surface area contributed by atoms with Crippen molar-refractivity contribution < 1.29 is 13.9 Å². The predicted molar refractivity (Wildman–Crippen MR) is 94.1 cm³/mol. The maximum atomic E-state index is 13.1. The first kappa shape index (κ1) is 15.7. The van der Waals surface area contributed by atoms with Gasteiger partial charge in [-0.15, -0.1) is 0 Å². The number of halogens is 1. The summed E-state index contributed by atoms with van der Waals surface area (Å²) >= 11 is 0. The number of ether oxygens (including phenoxy) is 1. The van der Waals surface area contributed by atoms with E-state index < -0.39 is 0 Å². The minimum atomic E-state index is -0.266. The SMILES string of the molecule is COc1ccc2cc(C(=O)N(Cc3ccc(F)cc3)C3CC3)[nH]c2c1. The third-order valence-corrected chi connectivity index (χ3v) is 4.57. The van der Waals surface area contributed by atoms with Crippen LogP contribution in [0.25, 0.3) is 10.9 Å². The van der Waals surface area contributed by atoms with Crippen molar-refractivity contribution in [1.82, 2.24) is 9.88 Å². The molecule has 1 N–H and O–H groups in total. The number of carbonyl (C=O) groups is 1. The van der Waals surface area contributed by atoms with Crippen LogP contribution in [0.1, 0.15) is 28.9 Å². The summed E-state index contributed by atoms with van der Waals surface area (Å²) in [4.78, 5) is 18.1. The number of aromatic amines is 1. The molecule has 0 atom stereocenters. The maximum absolute atomic E-state index is 13.1. The second kappa shape index (κ2) is 6.24. The standard InChI is InChI=1S/C20H19FN2O2/c1-25-17-9-4-14-10-19(22-18(14)11-17)20(24)23(16-7-8-16)12-13-2-5-15(21)6-3-13/h2-6,9-11,16,22H,7-8,12H2,1H3. The van der Waals surface area contributed by atoms with Crippen LogP contribution in [-0.4, -0.2) is 28.9 Å². The lowest BCUT2D eigenvalue weighted by Crippen LogP contribution is -2.32. The van der Waals surface area contributed by atoms with Gasteiger partial charge < -0.3 is 14.6 Å². The zero-order valence-corrected chi connectivity index (χ0v) is 14.0. The quantitative estimate of drug-likeness (QED) is 0.760. The summed E-state index contributed by atoms with van der Waals surface area (Å²) in [6, 6.07) is 14.1. The Bertz CT molecular complexity index is 913. The molecule has 4 nitrogen and oxygen atoms in total. The number of benzene rings is 2. The van der Waals surface area contributed by atoms with E-state index in [1.807, 2.05) is 29.2 Å². The minimum Gasteiger partial charge on any atom is -0.497 e. The zero-order chi connectivity index (χ0) is 17.4. The highest BCUT2D eigenvalue weighted by molar-refractivity contribution is 5.98. The Morgan fingerprint density at radius 2 is 1.96 bits per heavy atom. The average molecular weight is 338 g/mol. The summed E-state index contributed by atoms with van der Waals surface area (Å²) < 4.78 is 18.3. The Morgan fingerprint density at radius 1 is 1.20 bits per heavy atom. The van der Waals surface area contributed by atoms with E-state index >= 15 is 0 Å². The van der Waals surface area contributed by atoms with Gasteiger partial charge in [0.1, 0.15) is 17.3 Å². The minimum absolute atomic E-state index is 0.0259. The van der Waals surface area contributed by atoms with Crippen molar-refractivity contribution in [2.75, 3.05) is 7.11 Å². The Balaban J connectivity index is 1.61. The van der Waals surface area contributed by atoms with Crippen LogP contribution in [0.5, 0.6) is 5.75 Å². The third kappa shape index (κ3) is 3.22. The molecule has 1 aliphatic rings. The van der Waals surface area contributed by atoms with Crippen LogP contribution in [0.3, 0.4) is 0 Å². The van der Waals surface area contributed by atoms with Crippen LogP contribution in [0.2, 0.25) is 0 Å². The van der Waals surface area contributed by atoms with Gasteiger partial charge in [0.15, 0.2) is 0 Å². The zero-order valence-electron chi connectivity index (χ0n) is 14.0. The number of nitrogens with one attached hydrogen (secondary N) is 1. The highest BCUT2D eigenvalue weighted by atomic mass is 19.1. The van der Waals surface area contributed by atoms with Crippen molar-refractivity contribution >= 4 is 16.8 Å². The van der Waals surface area contributed by atoms with Gasteiger partial charge in [-0.1, -0.05) is 12.1 Å². The number of aromatic nitrogens is 1. The highest BCUT2D eigenvalue weighted by Crippen LogP contribution is 2.30. The maximum Gasteiger partial charge on any atom is 0.270 e. The largest absolute Gasteiger partial charge is 0.497 e. The molecule has 25 heavy (non-hydrogen) atoms. The summed E-state index contributed by atoms with van der Waals surface area (Å²) in [5.74, 6) is 0.457. The van der Waals surface area contributed by atoms with E-state index in [-0.39, 0.29) is 17.8 Å². The Morgan fingerprint density at radius 3 is 2.64 bits per heavy atom. The molecule has 0 saturated heterocycles. The van der Waals surface area contributed by atoms with Crippen molar-refractivity contribution in [3.05, 3.63) is 65.6 Å². The van der Waals surface area contributed by atoms with Gasteiger partial charge in [0.25, 0.3) is 5.91 Å². The predicted octanol–water partition coefficient (Wildman–Crippen LogP) is 4.12. The molecule has 0 aliphatic heterocycles. The summed E-state index contributed by atoms with van der Waals surface area (Å²) in [7, 11) is 1.62. The molecule has 1 amide bonds. The van der Waals surface area contributed by atoms with Gasteiger partial charge in [-0.2, -0.15) is 0 Å². The van der Waals surface area contributed by atoms with Crippen molar-refractivity contribution in [3.8, 4) is 5.75 Å². The lowest BCUT2D eigenvalue weighted by atomic mass is 10.2. The monoisotopic (exact) mass is 338 g/mol. The van der Waals surface area contributed by atoms with Crippen LogP contribution >= 0.6 is 0 Å². The molecule has 1 aliphatic carbocycles. The first-order valence-corrected chi connectivity index (χ1v) is 8.36. The Hall–Kier alpha value is -2.82. The number of H-pyrrole nitrogens is 1. The molecule has 0 spiro atoms. The molecule has 0 radical (unpaired) electrons. The van der Waals surface area contributed by atoms with E-state index in [0.717, 1.165) is 35.1 Å². The smallest absolute Gasteiger partial charge is 0.270 e. The molecule has 0 unspecified atom stereocenters. The molecule has 3 aromatic rings. The van der Waals surface area contributed by atoms with Gasteiger partial charge in [0, 0.05) is 29.6 Å². The number of hydrogen-bond donors (Lipinski definition) is 1. The molecule has 1 heterocycles. The lowest BCUT2D eigenvalue weighted by molar-refractivity contribution is 0.0725. The Kier molecular flexibility index (Phi) is 3.92. The van der Waals surface area contributed by atoms with Crippen molar-refractivity contribution in [2.45, 2.75) is 25.4 Å². The van der Waals surface area contributed by atoms with Crippen molar-refractivity contribution in [1.29, 1.82) is 0 Å². The van der Waals surface area contributed by atoms with Crippen LogP contribution in [-0.2, 0) is 6.54 Å². The van der Waals surface area contributed by atoms with Crippen molar-refractivity contribution in [2.24, 2.45) is 0 Å². The fraction of sp³-hybridized carbons (Fsp3) is 0.250. The fourth-order valence-corrected chi connectivity index (χ4v) is 3.04. The molecule has 1 fully saturated rings. The number of amides is 1. The summed E-state index contributed by atoms with van der Waals surface area (Å²) in [6.45, 7) is 0.489. The molecule has 128 valence electrons. The number of carbonyl (C=O) groups excluding carboxylic acids is 1. The van der Waals surface area contributed by atoms with Gasteiger partial charge in [-0.3, -0.25) is 4.79 Å². The van der Waals surface area contributed by atoms with E-state index in [2.05, 4.69) is 4.98 Å². The van der Waals surface area contributed by atoms with Crippen LogP contribution in [0.4, 0.5) is 4.39 Å². The van der Waals surface area contributed by atoms with Gasteiger partial charge in [-0.05, 0) is 48.7 Å². The molecule has 1 aromatic heterocycles. The van der Waals surface area contributed by atoms with Gasteiger partial charge in [0.05, 0.1) is 7.11 Å². The average Bonchev–Trinajstić information content (AvgIpc) is 3.38. The van der Waals surface area contributed by atoms with Crippen LogP contribution in [0.15, 0.2) is 48.5 Å². The van der Waals surface area contributed by atoms with E-state index in [4.69, 9.17) is 4.74 Å². The molecule has 0 bridgehead atoms. The molecule has 2 aromatic carbocycles. The number of rotatable bonds is 5. The van der Waals surface area contributed by atoms with E-state index in [1.165, 1.54) is 12.1 Å². The number of methoxy groups -OCH3 is 1. The van der Waals surface area contributed by atoms with E-state index in [9.17, 15) is 9.18 Å². The third-order valence-electron chi connectivity index (χ3n) is 4.57. The van der Waals surface area contributed by atoms with Gasteiger partial charge in [0.2, 0.25) is 0 Å². The van der Waals surface area contributed by atoms with E-state index in [1.54, 1.807) is 19.2 Å². The first-order valence-electron chi connectivity index (χ1n) is 8.36. The molecule has 1 saturated carbocycles. The molecule has 4 rings (SSSR count). The highest BCUT2D eigenvalue weighted by Gasteiger charge is 2.33. The second-order valence-electron chi connectivity index (χ2n) is 6.43. The number of nitrogens with zero attached hydrogens (tertiary/aromatic N) is 1. The van der Waals surface area contributed by atoms with Crippen LogP contribution < -0.4 is 4.74 Å². The van der Waals surface area contributed by atoms with Gasteiger partial charge >= 0.3 is 0 Å². The summed E-state index contributed by atoms with van der Waals surface area (Å²) in [5.41, 5.74) is 2.37. The fourth-order valence-electron chi connectivity index (χ4n) is 3.04. The van der Waals surface area contributed by atoms with Gasteiger partial charge in [-0.25, -0.2) is 4.39 Å². The molecular formula is C20H19FN2O2. The van der Waals surface area contributed by atoms with Crippen molar-refractivity contribution in [3.63, 3.8) is 0 Å². The molecule has 5 heteroatoms. The normalized spacial score (nSPS) is 13.8. The summed E-state index contributed by atoms with van der Waals surface area (Å²) in [6.07, 6.45) is 2.03. The molecular weight excluding hydrogens is 319 g/mol. The number of hydrogen-bond acceptors (Lipinski definition) is 2. The summed E-state index contributed by atoms with van der Waals surface area (Å²) in [5, 5.41) is 0.974. The lowest BCUT2D eigenvalue weighted by Gasteiger charge is -2.22. The second-order valence-corrected chi connectivity index (χ2v) is 6.43. The first-order chi connectivity index (χ1) is 12.1.